The number of nitrogens with zero attached hydrogens (tertiary/aromatic N) is 6. The lowest BCUT2D eigenvalue weighted by molar-refractivity contribution is 0.0601. The van der Waals surface area contributed by atoms with Crippen LogP contribution < -0.4 is 20.0 Å². The number of hydrogen-bond acceptors (Lipinski definition) is 9. The monoisotopic (exact) mass is 573 g/mol. The van der Waals surface area contributed by atoms with Crippen LogP contribution in [-0.4, -0.2) is 85.5 Å². The molecule has 0 saturated carbocycles. The first kappa shape index (κ1) is 29.3. The number of para-hydroxylation sites is 1. The van der Waals surface area contributed by atoms with Crippen molar-refractivity contribution in [2.45, 2.75) is 33.2 Å². The summed E-state index contributed by atoms with van der Waals surface area (Å²) in [7, 11) is 3.47. The molecule has 222 valence electrons. The topological polar surface area (TPSA) is 114 Å². The number of rotatable bonds is 9. The van der Waals surface area contributed by atoms with Crippen LogP contribution in [0.1, 0.15) is 39.9 Å². The molecule has 11 heteroatoms. The summed E-state index contributed by atoms with van der Waals surface area (Å²) < 4.78 is 5.10. The Bertz CT molecular complexity index is 1430. The van der Waals surface area contributed by atoms with Gasteiger partial charge in [-0.25, -0.2) is 14.6 Å². The van der Waals surface area contributed by atoms with E-state index in [4.69, 9.17) is 9.72 Å². The van der Waals surface area contributed by atoms with Crippen molar-refractivity contribution in [3.05, 3.63) is 64.8 Å². The molecule has 0 atom stereocenters. The quantitative estimate of drug-likeness (QED) is 0.289. The molecule has 0 unspecified atom stereocenters. The number of methoxy groups -OCH3 is 1. The van der Waals surface area contributed by atoms with Crippen molar-refractivity contribution in [3.8, 4) is 0 Å². The van der Waals surface area contributed by atoms with Gasteiger partial charge in [-0.3, -0.25) is 9.80 Å². The van der Waals surface area contributed by atoms with Gasteiger partial charge < -0.3 is 25.0 Å². The van der Waals surface area contributed by atoms with Gasteiger partial charge in [-0.15, -0.1) is 0 Å². The van der Waals surface area contributed by atoms with E-state index >= 15 is 0 Å². The number of anilines is 5. The smallest absolute Gasteiger partial charge is 0.340 e. The number of benzene rings is 2. The van der Waals surface area contributed by atoms with E-state index in [1.165, 1.54) is 7.11 Å². The Labute approximate surface area is 246 Å². The molecule has 2 aromatic carbocycles. The third-order valence-electron chi connectivity index (χ3n) is 7.89. The summed E-state index contributed by atoms with van der Waals surface area (Å²) in [6.45, 7) is 8.29. The molecule has 2 N–H and O–H groups in total. The largest absolute Gasteiger partial charge is 0.465 e. The summed E-state index contributed by atoms with van der Waals surface area (Å²) in [5, 5.41) is 12.6. The Morgan fingerprint density at radius 1 is 1.07 bits per heavy atom. The van der Waals surface area contributed by atoms with Crippen molar-refractivity contribution >= 4 is 40.8 Å². The molecule has 2 aliphatic heterocycles. The number of unbranched alkanes of at least 4 members (excludes halogenated alkanes) is 1. The van der Waals surface area contributed by atoms with Gasteiger partial charge in [0.1, 0.15) is 5.82 Å². The van der Waals surface area contributed by atoms with Crippen molar-refractivity contribution in [3.63, 3.8) is 0 Å². The van der Waals surface area contributed by atoms with Gasteiger partial charge in [0.2, 0.25) is 5.95 Å². The molecule has 1 aromatic heterocycles. The summed E-state index contributed by atoms with van der Waals surface area (Å²) in [6, 6.07) is 11.4. The van der Waals surface area contributed by atoms with Crippen LogP contribution in [0.2, 0.25) is 0 Å². The number of fused-ring (bicyclic) bond motifs is 1. The van der Waals surface area contributed by atoms with Crippen LogP contribution in [0.15, 0.2) is 42.6 Å². The molecule has 0 spiro atoms. The van der Waals surface area contributed by atoms with Crippen LogP contribution in [-0.2, 0) is 11.3 Å². The number of aliphatic hydroxyl groups is 1. The lowest BCUT2D eigenvalue weighted by Gasteiger charge is -2.37. The highest BCUT2D eigenvalue weighted by Crippen LogP contribution is 2.35. The van der Waals surface area contributed by atoms with E-state index in [-0.39, 0.29) is 12.6 Å². The lowest BCUT2D eigenvalue weighted by atomic mass is 10.1. The lowest BCUT2D eigenvalue weighted by Crippen LogP contribution is -2.49. The first-order chi connectivity index (χ1) is 20.3. The van der Waals surface area contributed by atoms with Crippen LogP contribution in [0.5, 0.6) is 0 Å². The molecule has 3 aromatic rings. The molecular weight excluding hydrogens is 534 g/mol. The van der Waals surface area contributed by atoms with Crippen LogP contribution in [0.4, 0.5) is 33.6 Å². The van der Waals surface area contributed by atoms with Gasteiger partial charge in [-0.1, -0.05) is 18.2 Å². The highest BCUT2D eigenvalue weighted by molar-refractivity contribution is 6.06. The number of nitrogens with one attached hydrogen (secondary N) is 1. The molecule has 1 saturated heterocycles. The number of urea groups is 1. The summed E-state index contributed by atoms with van der Waals surface area (Å²) in [6.07, 6.45) is 2.95. The molecule has 1 fully saturated rings. The minimum absolute atomic E-state index is 0.0543. The maximum atomic E-state index is 13.9. The number of piperazine rings is 1. The highest BCUT2D eigenvalue weighted by atomic mass is 16.5. The van der Waals surface area contributed by atoms with Gasteiger partial charge in [0.25, 0.3) is 0 Å². The van der Waals surface area contributed by atoms with E-state index in [0.29, 0.717) is 48.9 Å². The Kier molecular flexibility index (Phi) is 8.89. The second-order valence-electron chi connectivity index (χ2n) is 10.9. The van der Waals surface area contributed by atoms with Gasteiger partial charge in [0.15, 0.2) is 0 Å². The minimum atomic E-state index is -0.411. The third kappa shape index (κ3) is 6.02. The molecule has 0 bridgehead atoms. The van der Waals surface area contributed by atoms with Gasteiger partial charge in [-0.05, 0) is 63.1 Å². The van der Waals surface area contributed by atoms with E-state index < -0.39 is 5.97 Å². The summed E-state index contributed by atoms with van der Waals surface area (Å²) >= 11 is 0. The second-order valence-corrected chi connectivity index (χ2v) is 10.9. The average molecular weight is 574 g/mol. The SMILES string of the molecule is COC(=O)c1cc(Nc2ncc3c(n2)N(CCCCO)C(=O)N(c2c(C)cccc2C)C3)ccc1N1CCN(C)CC1. The summed E-state index contributed by atoms with van der Waals surface area (Å²) in [5.74, 6) is 0.448. The molecule has 2 amide bonds. The standard InChI is InChI=1S/C31H39N7O4/c1-21-8-7-9-22(2)27(21)38-20-23-19-32-30(34-28(23)37(31(38)41)12-5-6-17-39)33-24-10-11-26(25(18-24)29(40)42-4)36-15-13-35(3)14-16-36/h7-11,18-19,39H,5-6,12-17,20H2,1-4H3,(H,32,33,34). The van der Waals surface area contributed by atoms with Crippen molar-refractivity contribution < 1.29 is 19.4 Å². The Morgan fingerprint density at radius 2 is 1.81 bits per heavy atom. The van der Waals surface area contributed by atoms with Crippen molar-refractivity contribution in [2.24, 2.45) is 0 Å². The van der Waals surface area contributed by atoms with E-state index in [0.717, 1.165) is 54.2 Å². The predicted molar refractivity (Wildman–Crippen MR) is 164 cm³/mol. The van der Waals surface area contributed by atoms with Crippen LogP contribution in [0, 0.1) is 13.8 Å². The normalized spacial score (nSPS) is 15.5. The Hall–Kier alpha value is -4.22. The number of amides is 2. The number of aliphatic hydroxyl groups excluding tert-OH is 1. The fourth-order valence-corrected chi connectivity index (χ4v) is 5.61. The van der Waals surface area contributed by atoms with Crippen LogP contribution in [0.3, 0.4) is 0 Å². The molecular formula is C31H39N7O4. The highest BCUT2D eigenvalue weighted by Gasteiger charge is 2.34. The Morgan fingerprint density at radius 3 is 2.50 bits per heavy atom. The van der Waals surface area contributed by atoms with Crippen LogP contribution in [0.25, 0.3) is 0 Å². The average Bonchev–Trinajstić information content (AvgIpc) is 2.99. The molecule has 11 nitrogen and oxygen atoms in total. The second kappa shape index (κ2) is 12.7. The van der Waals surface area contributed by atoms with E-state index in [1.54, 1.807) is 22.1 Å². The molecule has 2 aliphatic rings. The molecule has 3 heterocycles. The van der Waals surface area contributed by atoms with Gasteiger partial charge in [-0.2, -0.15) is 4.98 Å². The zero-order valence-electron chi connectivity index (χ0n) is 24.8. The van der Waals surface area contributed by atoms with Gasteiger partial charge in [0, 0.05) is 56.8 Å². The number of carbonyl (C=O) groups excluding carboxylic acids is 2. The van der Waals surface area contributed by atoms with Crippen molar-refractivity contribution in [2.75, 3.05) is 73.5 Å². The first-order valence-corrected chi connectivity index (χ1v) is 14.4. The third-order valence-corrected chi connectivity index (χ3v) is 7.89. The molecule has 5 rings (SSSR count). The minimum Gasteiger partial charge on any atom is -0.465 e. The number of ether oxygens (including phenoxy) is 1. The van der Waals surface area contributed by atoms with Crippen molar-refractivity contribution in [1.29, 1.82) is 0 Å². The number of carbonyl (C=O) groups is 2. The van der Waals surface area contributed by atoms with Crippen molar-refractivity contribution in [1.82, 2.24) is 14.9 Å². The summed E-state index contributed by atoms with van der Waals surface area (Å²) in [5.41, 5.74) is 5.68. The van der Waals surface area contributed by atoms with E-state index in [9.17, 15) is 14.7 Å². The fraction of sp³-hybridized carbons (Fsp3) is 0.419. The Balaban J connectivity index is 1.45. The molecule has 42 heavy (non-hydrogen) atoms. The zero-order valence-corrected chi connectivity index (χ0v) is 24.8. The maximum absolute atomic E-state index is 13.9. The number of aryl methyl sites for hydroxylation is 2. The first-order valence-electron chi connectivity index (χ1n) is 14.4. The van der Waals surface area contributed by atoms with Gasteiger partial charge >= 0.3 is 12.0 Å². The predicted octanol–water partition coefficient (Wildman–Crippen LogP) is 4.09. The number of likely N-dealkylation sites (N-methyl/N-ethyl adjacent to an activating group) is 1. The maximum Gasteiger partial charge on any atom is 0.340 e. The fourth-order valence-electron chi connectivity index (χ4n) is 5.61. The zero-order chi connectivity index (χ0) is 29.8. The van der Waals surface area contributed by atoms with Gasteiger partial charge in [0.05, 0.1) is 30.6 Å². The number of aromatic nitrogens is 2. The van der Waals surface area contributed by atoms with E-state index in [1.807, 2.05) is 44.2 Å². The van der Waals surface area contributed by atoms with Crippen LogP contribution >= 0.6 is 0 Å². The van der Waals surface area contributed by atoms with E-state index in [2.05, 4.69) is 27.1 Å². The molecule has 0 aliphatic carbocycles. The summed E-state index contributed by atoms with van der Waals surface area (Å²) in [4.78, 5) is 43.9. The number of hydrogen-bond donors (Lipinski definition) is 2. The molecule has 0 radical (unpaired) electrons. The number of esters is 1.